The number of hydrogen-bond donors (Lipinski definition) is 3. The highest BCUT2D eigenvalue weighted by Crippen LogP contribution is 2.25. The van der Waals surface area contributed by atoms with E-state index in [1.807, 2.05) is 49.4 Å². The van der Waals surface area contributed by atoms with E-state index in [0.717, 1.165) is 23.0 Å². The Bertz CT molecular complexity index is 1460. The van der Waals surface area contributed by atoms with Gasteiger partial charge in [-0.3, -0.25) is 14.2 Å². The molecule has 0 bridgehead atoms. The Kier molecular flexibility index (Phi) is 8.22. The molecule has 0 spiro atoms. The number of aromatic nitrogens is 3. The van der Waals surface area contributed by atoms with Gasteiger partial charge in [-0.15, -0.1) is 10.2 Å². The smallest absolute Gasteiger partial charge is 0.335 e. The van der Waals surface area contributed by atoms with Crippen molar-refractivity contribution in [1.29, 1.82) is 0 Å². The predicted molar refractivity (Wildman–Crippen MR) is 141 cm³/mol. The number of nitrogens with zero attached hydrogens (tertiary/aromatic N) is 3. The third-order valence-electron chi connectivity index (χ3n) is 5.22. The van der Waals surface area contributed by atoms with E-state index in [9.17, 15) is 19.5 Å². The van der Waals surface area contributed by atoms with Gasteiger partial charge in [-0.1, -0.05) is 59.3 Å². The molecule has 0 aliphatic heterocycles. The van der Waals surface area contributed by atoms with Crippen molar-refractivity contribution in [3.05, 3.63) is 100 Å². The average Bonchev–Trinajstić information content (AvgIpc) is 3.30. The van der Waals surface area contributed by atoms with E-state index in [4.69, 9.17) is 11.6 Å². The number of thioether (sulfide) groups is 1. The number of carbonyl (C=O) groups is 3. The van der Waals surface area contributed by atoms with E-state index < -0.39 is 11.9 Å². The van der Waals surface area contributed by atoms with Crippen LogP contribution >= 0.6 is 23.4 Å². The van der Waals surface area contributed by atoms with Gasteiger partial charge in [0.25, 0.3) is 5.91 Å². The van der Waals surface area contributed by atoms with E-state index in [-0.39, 0.29) is 34.5 Å². The largest absolute Gasteiger partial charge is 0.478 e. The Morgan fingerprint density at radius 1 is 0.973 bits per heavy atom. The second-order valence-electron chi connectivity index (χ2n) is 7.96. The Morgan fingerprint density at radius 2 is 1.76 bits per heavy atom. The van der Waals surface area contributed by atoms with E-state index >= 15 is 0 Å². The molecule has 4 aromatic rings. The zero-order valence-corrected chi connectivity index (χ0v) is 21.2. The molecule has 3 N–H and O–H groups in total. The van der Waals surface area contributed by atoms with Crippen LogP contribution in [0.1, 0.15) is 32.1 Å². The summed E-state index contributed by atoms with van der Waals surface area (Å²) >= 11 is 7.25. The summed E-state index contributed by atoms with van der Waals surface area (Å²) in [6, 6.07) is 20.7. The van der Waals surface area contributed by atoms with Crippen molar-refractivity contribution in [3.63, 3.8) is 0 Å². The molecular weight excluding hydrogens is 514 g/mol. The third-order valence-corrected chi connectivity index (χ3v) is 6.48. The molecular formula is C26H22ClN5O4S. The molecule has 2 amide bonds. The van der Waals surface area contributed by atoms with E-state index in [0.29, 0.717) is 16.5 Å². The lowest BCUT2D eigenvalue weighted by Crippen LogP contribution is -2.24. The van der Waals surface area contributed by atoms with Gasteiger partial charge in [0, 0.05) is 11.3 Å². The fraction of sp³-hybridized carbons (Fsp3) is 0.115. The monoisotopic (exact) mass is 535 g/mol. The first-order chi connectivity index (χ1) is 17.8. The topological polar surface area (TPSA) is 126 Å². The molecule has 0 saturated carbocycles. The van der Waals surface area contributed by atoms with Gasteiger partial charge in [0.05, 0.1) is 28.6 Å². The van der Waals surface area contributed by atoms with Crippen molar-refractivity contribution in [2.24, 2.45) is 0 Å². The number of nitrogens with one attached hydrogen (secondary N) is 2. The van der Waals surface area contributed by atoms with Crippen LogP contribution in [0, 0.1) is 6.92 Å². The van der Waals surface area contributed by atoms with Crippen molar-refractivity contribution in [2.45, 2.75) is 18.6 Å². The average molecular weight is 536 g/mol. The van der Waals surface area contributed by atoms with Crippen molar-refractivity contribution >= 4 is 46.8 Å². The summed E-state index contributed by atoms with van der Waals surface area (Å²) in [5, 5.41) is 23.8. The Labute approximate surface area is 221 Å². The van der Waals surface area contributed by atoms with Crippen molar-refractivity contribution in [3.8, 4) is 5.69 Å². The van der Waals surface area contributed by atoms with Crippen LogP contribution in [0.25, 0.3) is 5.69 Å². The van der Waals surface area contributed by atoms with Crippen LogP contribution in [0.15, 0.2) is 78.0 Å². The molecule has 0 saturated heterocycles. The summed E-state index contributed by atoms with van der Waals surface area (Å²) in [5.74, 6) is -1.30. The minimum atomic E-state index is -1.13. The quantitative estimate of drug-likeness (QED) is 0.268. The summed E-state index contributed by atoms with van der Waals surface area (Å²) in [5.41, 5.74) is 2.51. The van der Waals surface area contributed by atoms with Crippen LogP contribution in [-0.2, 0) is 11.3 Å². The fourth-order valence-electron chi connectivity index (χ4n) is 3.46. The Morgan fingerprint density at radius 3 is 2.49 bits per heavy atom. The van der Waals surface area contributed by atoms with Crippen LogP contribution in [0.4, 0.5) is 5.69 Å². The van der Waals surface area contributed by atoms with Gasteiger partial charge in [0.15, 0.2) is 11.0 Å². The first-order valence-corrected chi connectivity index (χ1v) is 12.5. The maximum atomic E-state index is 12.6. The number of benzene rings is 3. The van der Waals surface area contributed by atoms with Crippen LogP contribution < -0.4 is 10.6 Å². The molecule has 37 heavy (non-hydrogen) atoms. The number of carboxylic acid groups (broad SMARTS) is 1. The number of aromatic carboxylic acids is 1. The molecule has 1 heterocycles. The summed E-state index contributed by atoms with van der Waals surface area (Å²) in [7, 11) is 0. The lowest BCUT2D eigenvalue weighted by atomic mass is 10.1. The molecule has 1 aromatic heterocycles. The molecule has 0 aliphatic carbocycles. The van der Waals surface area contributed by atoms with Crippen LogP contribution in [0.5, 0.6) is 0 Å². The molecule has 0 atom stereocenters. The second-order valence-corrected chi connectivity index (χ2v) is 9.31. The van der Waals surface area contributed by atoms with Gasteiger partial charge >= 0.3 is 5.97 Å². The van der Waals surface area contributed by atoms with Gasteiger partial charge in [-0.25, -0.2) is 4.79 Å². The van der Waals surface area contributed by atoms with E-state index in [1.165, 1.54) is 18.2 Å². The minimum absolute atomic E-state index is 0.00789. The first-order valence-electron chi connectivity index (χ1n) is 11.1. The number of halogens is 1. The highest BCUT2D eigenvalue weighted by molar-refractivity contribution is 7.99. The number of hydrogen-bond acceptors (Lipinski definition) is 6. The van der Waals surface area contributed by atoms with Crippen LogP contribution in [0.2, 0.25) is 5.02 Å². The SMILES string of the molecule is Cc1cccc(C(=O)NCc2nnc(SCC(=O)Nc3cc(C(=O)O)ccc3Cl)n2-c2ccccc2)c1. The maximum absolute atomic E-state index is 12.6. The molecule has 188 valence electrons. The standard InChI is InChI=1S/C26H22ClN5O4S/c1-16-6-5-7-17(12-16)24(34)28-14-22-30-31-26(32(22)19-8-3-2-4-9-19)37-15-23(33)29-21-13-18(25(35)36)10-11-20(21)27/h2-13H,14-15H2,1H3,(H,28,34)(H,29,33)(H,35,36). The number of amides is 2. The lowest BCUT2D eigenvalue weighted by molar-refractivity contribution is -0.113. The van der Waals surface area contributed by atoms with Crippen molar-refractivity contribution in [1.82, 2.24) is 20.1 Å². The molecule has 0 fully saturated rings. The molecule has 9 nitrogen and oxygen atoms in total. The van der Waals surface area contributed by atoms with Gasteiger partial charge in [0.2, 0.25) is 5.91 Å². The first kappa shape index (κ1) is 25.9. The highest BCUT2D eigenvalue weighted by atomic mass is 35.5. The number of rotatable bonds is 9. The number of carboxylic acids is 1. The third kappa shape index (κ3) is 6.54. The van der Waals surface area contributed by atoms with Gasteiger partial charge in [-0.05, 0) is 49.4 Å². The second kappa shape index (κ2) is 11.7. The number of para-hydroxylation sites is 1. The number of carbonyl (C=O) groups excluding carboxylic acids is 2. The molecule has 4 rings (SSSR count). The summed E-state index contributed by atoms with van der Waals surface area (Å²) in [6.45, 7) is 2.04. The molecule has 0 unspecified atom stereocenters. The van der Waals surface area contributed by atoms with E-state index in [1.54, 1.807) is 16.7 Å². The number of aryl methyl sites for hydroxylation is 1. The van der Waals surface area contributed by atoms with E-state index in [2.05, 4.69) is 20.8 Å². The lowest BCUT2D eigenvalue weighted by Gasteiger charge is -2.11. The summed E-state index contributed by atoms with van der Waals surface area (Å²) in [4.78, 5) is 36.5. The van der Waals surface area contributed by atoms with Crippen LogP contribution in [0.3, 0.4) is 0 Å². The Balaban J connectivity index is 1.49. The van der Waals surface area contributed by atoms with Crippen LogP contribution in [-0.4, -0.2) is 43.4 Å². The molecule has 11 heteroatoms. The predicted octanol–water partition coefficient (Wildman–Crippen LogP) is 4.59. The maximum Gasteiger partial charge on any atom is 0.335 e. The zero-order valence-electron chi connectivity index (χ0n) is 19.6. The zero-order chi connectivity index (χ0) is 26.4. The molecule has 0 radical (unpaired) electrons. The molecule has 3 aromatic carbocycles. The van der Waals surface area contributed by atoms with Gasteiger partial charge < -0.3 is 15.7 Å². The Hall–Kier alpha value is -4.15. The minimum Gasteiger partial charge on any atom is -0.478 e. The summed E-state index contributed by atoms with van der Waals surface area (Å²) in [6.07, 6.45) is 0. The molecule has 0 aliphatic rings. The highest BCUT2D eigenvalue weighted by Gasteiger charge is 2.18. The normalized spacial score (nSPS) is 10.6. The number of anilines is 1. The van der Waals surface area contributed by atoms with Gasteiger partial charge in [-0.2, -0.15) is 0 Å². The fourth-order valence-corrected chi connectivity index (χ4v) is 4.40. The van der Waals surface area contributed by atoms with Crippen molar-refractivity contribution < 1.29 is 19.5 Å². The van der Waals surface area contributed by atoms with Crippen molar-refractivity contribution in [2.75, 3.05) is 11.1 Å². The van der Waals surface area contributed by atoms with Gasteiger partial charge in [0.1, 0.15) is 0 Å². The summed E-state index contributed by atoms with van der Waals surface area (Å²) < 4.78 is 1.77.